The summed E-state index contributed by atoms with van der Waals surface area (Å²) in [5.41, 5.74) is -0.435. The number of carbonyl (C=O) groups is 1. The van der Waals surface area contributed by atoms with E-state index in [-0.39, 0.29) is 23.4 Å². The largest absolute Gasteiger partial charge is 0.373 e. The lowest BCUT2D eigenvalue weighted by Crippen LogP contribution is -2.56. The maximum atomic E-state index is 12.3. The van der Waals surface area contributed by atoms with Crippen LogP contribution in [0.3, 0.4) is 0 Å². The molecule has 98 valence electrons. The Morgan fingerprint density at radius 1 is 1.56 bits per heavy atom. The molecule has 0 unspecified atom stereocenters. The van der Waals surface area contributed by atoms with Crippen molar-refractivity contribution in [2.24, 2.45) is 10.8 Å². The van der Waals surface area contributed by atoms with Gasteiger partial charge >= 0.3 is 0 Å². The molecule has 0 amide bonds. The van der Waals surface area contributed by atoms with Crippen LogP contribution in [0.1, 0.15) is 47.0 Å². The Morgan fingerprint density at radius 2 is 2.22 bits per heavy atom. The molecule has 18 heavy (non-hydrogen) atoms. The third-order valence-corrected chi connectivity index (χ3v) is 4.60. The molecule has 2 rings (SSSR count). The van der Waals surface area contributed by atoms with Crippen LogP contribution in [0.2, 0.25) is 0 Å². The van der Waals surface area contributed by atoms with Gasteiger partial charge in [-0.15, -0.1) is 0 Å². The first kappa shape index (κ1) is 13.3. The fourth-order valence-electron chi connectivity index (χ4n) is 3.44. The van der Waals surface area contributed by atoms with Crippen molar-refractivity contribution in [3.8, 4) is 6.07 Å². The van der Waals surface area contributed by atoms with E-state index >= 15 is 0 Å². The van der Waals surface area contributed by atoms with Gasteiger partial charge in [0.1, 0.15) is 6.07 Å². The first-order valence-corrected chi connectivity index (χ1v) is 6.70. The second kappa shape index (κ2) is 4.20. The van der Waals surface area contributed by atoms with Crippen LogP contribution in [-0.4, -0.2) is 18.0 Å². The van der Waals surface area contributed by atoms with Gasteiger partial charge in [0.05, 0.1) is 23.2 Å². The summed E-state index contributed by atoms with van der Waals surface area (Å²) >= 11 is 0. The molecule has 1 saturated heterocycles. The molecule has 0 aromatic rings. The number of allylic oxidation sites excluding steroid dienone is 1. The number of Topliss-reactive ketones (excluding diaryl/α,β-unsaturated/α-hetero) is 1. The van der Waals surface area contributed by atoms with E-state index in [1.807, 2.05) is 19.9 Å². The molecule has 1 aliphatic carbocycles. The monoisotopic (exact) mass is 247 g/mol. The van der Waals surface area contributed by atoms with Gasteiger partial charge in [0.15, 0.2) is 5.78 Å². The number of fused-ring (bicyclic) bond motifs is 1. The number of nitriles is 1. The minimum Gasteiger partial charge on any atom is -0.373 e. The number of ether oxygens (including phenoxy) is 1. The molecule has 3 heteroatoms. The molecular formula is C15H21NO2. The van der Waals surface area contributed by atoms with E-state index in [0.29, 0.717) is 5.57 Å². The zero-order valence-corrected chi connectivity index (χ0v) is 11.6. The number of hydrogen-bond acceptors (Lipinski definition) is 3. The van der Waals surface area contributed by atoms with Gasteiger partial charge in [-0.05, 0) is 40.0 Å². The molecule has 1 fully saturated rings. The Labute approximate surface area is 109 Å². The third-order valence-electron chi connectivity index (χ3n) is 4.60. The molecule has 0 aromatic heterocycles. The van der Waals surface area contributed by atoms with E-state index in [1.165, 1.54) is 0 Å². The molecule has 0 aromatic carbocycles. The van der Waals surface area contributed by atoms with Gasteiger partial charge in [-0.2, -0.15) is 5.26 Å². The number of hydrogen-bond donors (Lipinski definition) is 0. The quantitative estimate of drug-likeness (QED) is 0.715. The molecule has 0 saturated carbocycles. The molecule has 3 nitrogen and oxygen atoms in total. The Bertz CT molecular complexity index is 444. The Hall–Kier alpha value is -1.14. The van der Waals surface area contributed by atoms with Crippen LogP contribution in [0.25, 0.3) is 0 Å². The van der Waals surface area contributed by atoms with Crippen molar-refractivity contribution in [1.29, 1.82) is 5.26 Å². The average Bonchev–Trinajstić information content (AvgIpc) is 2.35. The van der Waals surface area contributed by atoms with Gasteiger partial charge < -0.3 is 4.74 Å². The van der Waals surface area contributed by atoms with Crippen LogP contribution >= 0.6 is 0 Å². The number of nitrogens with zero attached hydrogens (tertiary/aromatic N) is 1. The van der Waals surface area contributed by atoms with Gasteiger partial charge in [0.25, 0.3) is 0 Å². The van der Waals surface area contributed by atoms with E-state index in [4.69, 9.17) is 10.00 Å². The first-order chi connectivity index (χ1) is 8.37. The molecule has 3 atom stereocenters. The van der Waals surface area contributed by atoms with Gasteiger partial charge in [-0.3, -0.25) is 4.79 Å². The smallest absolute Gasteiger partial charge is 0.181 e. The fourth-order valence-corrected chi connectivity index (χ4v) is 3.44. The summed E-state index contributed by atoms with van der Waals surface area (Å²) in [7, 11) is 0. The minimum absolute atomic E-state index is 0.0758. The zero-order valence-electron chi connectivity index (χ0n) is 11.6. The van der Waals surface area contributed by atoms with Crippen LogP contribution < -0.4 is 0 Å². The lowest BCUT2D eigenvalue weighted by molar-refractivity contribution is -0.171. The summed E-state index contributed by atoms with van der Waals surface area (Å²) in [4.78, 5) is 12.3. The van der Waals surface area contributed by atoms with E-state index in [2.05, 4.69) is 19.9 Å². The molecule has 0 bridgehead atoms. The maximum Gasteiger partial charge on any atom is 0.181 e. The highest BCUT2D eigenvalue weighted by atomic mass is 16.5. The second-order valence-electron chi connectivity index (χ2n) is 6.17. The first-order valence-electron chi connectivity index (χ1n) is 6.70. The van der Waals surface area contributed by atoms with E-state index in [9.17, 15) is 4.79 Å². The number of rotatable bonds is 1. The van der Waals surface area contributed by atoms with Crippen molar-refractivity contribution in [2.75, 3.05) is 0 Å². The van der Waals surface area contributed by atoms with Gasteiger partial charge in [0.2, 0.25) is 0 Å². The molecule has 1 aliphatic heterocycles. The molecule has 2 aliphatic rings. The Kier molecular flexibility index (Phi) is 3.11. The van der Waals surface area contributed by atoms with E-state index in [1.54, 1.807) is 0 Å². The highest BCUT2D eigenvalue weighted by molar-refractivity contribution is 6.04. The van der Waals surface area contributed by atoms with Crippen molar-refractivity contribution >= 4 is 5.78 Å². The summed E-state index contributed by atoms with van der Waals surface area (Å²) in [5, 5.41) is 9.17. The van der Waals surface area contributed by atoms with Crippen LogP contribution in [0.5, 0.6) is 0 Å². The van der Waals surface area contributed by atoms with Crippen LogP contribution in [0.15, 0.2) is 11.6 Å². The van der Waals surface area contributed by atoms with Crippen LogP contribution in [-0.2, 0) is 9.53 Å². The van der Waals surface area contributed by atoms with Crippen LogP contribution in [0.4, 0.5) is 0 Å². The second-order valence-corrected chi connectivity index (χ2v) is 6.17. The lowest BCUT2D eigenvalue weighted by atomic mass is 9.58. The van der Waals surface area contributed by atoms with Crippen molar-refractivity contribution in [3.63, 3.8) is 0 Å². The van der Waals surface area contributed by atoms with Crippen molar-refractivity contribution in [3.05, 3.63) is 11.6 Å². The SMILES string of the molecule is CC[C@@]12C=C(C#N)C(=O)C(C)(C)[C@H]1O[C@H](C)CC2. The van der Waals surface area contributed by atoms with E-state index in [0.717, 1.165) is 19.3 Å². The summed E-state index contributed by atoms with van der Waals surface area (Å²) in [6.45, 7) is 7.99. The standard InChI is InChI=1S/C15H21NO2/c1-5-15-7-6-10(2)18-13(15)14(3,4)12(17)11(8-15)9-16/h8,10,13H,5-7H2,1-4H3/t10-,13-,15-/m1/s1. The summed E-state index contributed by atoms with van der Waals surface area (Å²) in [6.07, 6.45) is 4.87. The van der Waals surface area contributed by atoms with Crippen molar-refractivity contribution in [2.45, 2.75) is 59.2 Å². The van der Waals surface area contributed by atoms with Crippen molar-refractivity contribution < 1.29 is 9.53 Å². The molecule has 0 radical (unpaired) electrons. The minimum atomic E-state index is -0.607. The predicted molar refractivity (Wildman–Crippen MR) is 68.8 cm³/mol. The van der Waals surface area contributed by atoms with Crippen LogP contribution in [0, 0.1) is 22.2 Å². The molecule has 0 N–H and O–H groups in total. The molecule has 0 spiro atoms. The number of carbonyl (C=O) groups excluding carboxylic acids is 1. The summed E-state index contributed by atoms with van der Waals surface area (Å²) < 4.78 is 6.09. The maximum absolute atomic E-state index is 12.3. The fraction of sp³-hybridized carbons (Fsp3) is 0.733. The number of ketones is 1. The highest BCUT2D eigenvalue weighted by Crippen LogP contribution is 2.52. The highest BCUT2D eigenvalue weighted by Gasteiger charge is 2.55. The van der Waals surface area contributed by atoms with E-state index < -0.39 is 5.41 Å². The Balaban J connectivity index is 2.55. The summed E-state index contributed by atoms with van der Waals surface area (Å²) in [5.74, 6) is -0.0758. The van der Waals surface area contributed by atoms with Gasteiger partial charge in [-0.1, -0.05) is 13.0 Å². The lowest BCUT2D eigenvalue weighted by Gasteiger charge is -2.52. The normalized spacial score (nSPS) is 38.6. The van der Waals surface area contributed by atoms with Gasteiger partial charge in [-0.25, -0.2) is 0 Å². The Morgan fingerprint density at radius 3 is 2.78 bits per heavy atom. The predicted octanol–water partition coefficient (Wildman–Crippen LogP) is 3.01. The zero-order chi connectivity index (χ0) is 13.6. The molecule has 1 heterocycles. The molecular weight excluding hydrogens is 226 g/mol. The third kappa shape index (κ3) is 1.71. The van der Waals surface area contributed by atoms with Crippen molar-refractivity contribution in [1.82, 2.24) is 0 Å². The van der Waals surface area contributed by atoms with Gasteiger partial charge in [0, 0.05) is 5.41 Å². The summed E-state index contributed by atoms with van der Waals surface area (Å²) in [6, 6.07) is 2.07. The topological polar surface area (TPSA) is 50.1 Å². The average molecular weight is 247 g/mol.